The van der Waals surface area contributed by atoms with Crippen molar-refractivity contribution < 1.29 is 17.9 Å². The molecule has 0 N–H and O–H groups in total. The molecule has 1 heterocycles. The summed E-state index contributed by atoms with van der Waals surface area (Å²) in [4.78, 5) is 0.209. The molecule has 0 saturated heterocycles. The Morgan fingerprint density at radius 1 is 0.926 bits per heavy atom. The molecule has 0 unspecified atom stereocenters. The largest absolute Gasteiger partial charge is 0.497 e. The summed E-state index contributed by atoms with van der Waals surface area (Å²) in [5.41, 5.74) is 1.41. The second kappa shape index (κ2) is 6.96. The molecule has 0 fully saturated rings. The first kappa shape index (κ1) is 17.4. The van der Waals surface area contributed by atoms with Gasteiger partial charge in [-0.25, -0.2) is 8.42 Å². The Hall–Kier alpha value is -2.99. The summed E-state index contributed by atoms with van der Waals surface area (Å²) in [7, 11) is -2.25. The molecule has 0 spiro atoms. The Balaban J connectivity index is 1.86. The predicted octanol–water partition coefficient (Wildman–Crippen LogP) is 4.02. The standard InChI is InChI=1S/C21H19NO4S/c1-25-17-11-13-18(14-12-17)27(23,24)22-19-9-5-6-10-21(19)26-15-20(22)16-7-3-2-4-8-16/h2-14,20H,15H2,1H3/t20-/m0/s1. The van der Waals surface area contributed by atoms with Gasteiger partial charge >= 0.3 is 0 Å². The molecule has 0 radical (unpaired) electrons. The summed E-state index contributed by atoms with van der Waals surface area (Å²) >= 11 is 0. The number of methoxy groups -OCH3 is 1. The summed E-state index contributed by atoms with van der Waals surface area (Å²) in [5.74, 6) is 1.16. The Kier molecular flexibility index (Phi) is 4.49. The molecule has 0 bridgehead atoms. The van der Waals surface area contributed by atoms with E-state index in [0.717, 1.165) is 5.56 Å². The van der Waals surface area contributed by atoms with Gasteiger partial charge in [-0.15, -0.1) is 0 Å². The maximum absolute atomic E-state index is 13.6. The molecule has 3 aromatic carbocycles. The van der Waals surface area contributed by atoms with Crippen molar-refractivity contribution in [3.05, 3.63) is 84.4 Å². The van der Waals surface area contributed by atoms with Crippen LogP contribution in [0.4, 0.5) is 5.69 Å². The van der Waals surface area contributed by atoms with E-state index in [4.69, 9.17) is 9.47 Å². The first-order valence-electron chi connectivity index (χ1n) is 8.56. The minimum atomic E-state index is -3.80. The molecule has 4 rings (SSSR count). The first-order valence-corrected chi connectivity index (χ1v) is 10.0. The molecule has 1 aliphatic heterocycles. The van der Waals surface area contributed by atoms with Crippen LogP contribution in [0, 0.1) is 0 Å². The van der Waals surface area contributed by atoms with Crippen molar-refractivity contribution in [3.8, 4) is 11.5 Å². The first-order chi connectivity index (χ1) is 13.1. The van der Waals surface area contributed by atoms with Crippen LogP contribution in [0.5, 0.6) is 11.5 Å². The van der Waals surface area contributed by atoms with Crippen molar-refractivity contribution in [2.24, 2.45) is 0 Å². The van der Waals surface area contributed by atoms with E-state index in [0.29, 0.717) is 17.2 Å². The van der Waals surface area contributed by atoms with Crippen LogP contribution in [0.25, 0.3) is 0 Å². The molecule has 1 aliphatic rings. The number of hydrogen-bond acceptors (Lipinski definition) is 4. The lowest BCUT2D eigenvalue weighted by Gasteiger charge is -2.37. The van der Waals surface area contributed by atoms with E-state index in [1.807, 2.05) is 42.5 Å². The van der Waals surface area contributed by atoms with Crippen LogP contribution in [0.3, 0.4) is 0 Å². The Bertz CT molecular complexity index is 1030. The van der Waals surface area contributed by atoms with Gasteiger partial charge in [0.1, 0.15) is 24.1 Å². The van der Waals surface area contributed by atoms with Gasteiger partial charge in [-0.1, -0.05) is 42.5 Å². The normalized spacial score (nSPS) is 16.3. The number of benzene rings is 3. The summed E-state index contributed by atoms with van der Waals surface area (Å²) in [6.07, 6.45) is 0. The van der Waals surface area contributed by atoms with E-state index in [9.17, 15) is 8.42 Å². The van der Waals surface area contributed by atoms with Crippen molar-refractivity contribution in [2.45, 2.75) is 10.9 Å². The fraction of sp³-hybridized carbons (Fsp3) is 0.143. The van der Waals surface area contributed by atoms with E-state index >= 15 is 0 Å². The van der Waals surface area contributed by atoms with Crippen molar-refractivity contribution in [1.29, 1.82) is 0 Å². The van der Waals surface area contributed by atoms with E-state index in [2.05, 4.69) is 0 Å². The quantitative estimate of drug-likeness (QED) is 0.685. The molecular weight excluding hydrogens is 362 g/mol. The number of hydrogen-bond donors (Lipinski definition) is 0. The zero-order chi connectivity index (χ0) is 18.9. The molecule has 6 heteroatoms. The highest BCUT2D eigenvalue weighted by molar-refractivity contribution is 7.92. The van der Waals surface area contributed by atoms with Gasteiger partial charge in [0.05, 0.1) is 17.7 Å². The van der Waals surface area contributed by atoms with Gasteiger partial charge in [-0.05, 0) is 42.0 Å². The zero-order valence-corrected chi connectivity index (χ0v) is 15.6. The van der Waals surface area contributed by atoms with E-state index in [1.54, 1.807) is 43.5 Å². The van der Waals surface area contributed by atoms with Crippen LogP contribution in [0.1, 0.15) is 11.6 Å². The van der Waals surface area contributed by atoms with Crippen LogP contribution >= 0.6 is 0 Å². The molecule has 0 amide bonds. The van der Waals surface area contributed by atoms with Gasteiger partial charge in [0.2, 0.25) is 0 Å². The maximum Gasteiger partial charge on any atom is 0.265 e. The van der Waals surface area contributed by atoms with Crippen LogP contribution in [-0.4, -0.2) is 22.1 Å². The summed E-state index contributed by atoms with van der Waals surface area (Å²) in [6, 6.07) is 22.7. The number of para-hydroxylation sites is 2. The number of ether oxygens (including phenoxy) is 2. The Labute approximate surface area is 158 Å². The highest BCUT2D eigenvalue weighted by Crippen LogP contribution is 2.42. The van der Waals surface area contributed by atoms with Crippen molar-refractivity contribution in [3.63, 3.8) is 0 Å². The number of anilines is 1. The topological polar surface area (TPSA) is 55.8 Å². The average molecular weight is 381 g/mol. The van der Waals surface area contributed by atoms with Crippen LogP contribution in [-0.2, 0) is 10.0 Å². The highest BCUT2D eigenvalue weighted by atomic mass is 32.2. The van der Waals surface area contributed by atoms with Crippen molar-refractivity contribution >= 4 is 15.7 Å². The smallest absolute Gasteiger partial charge is 0.265 e. The van der Waals surface area contributed by atoms with Gasteiger partial charge in [0, 0.05) is 0 Å². The molecule has 0 aromatic heterocycles. The third kappa shape index (κ3) is 3.13. The van der Waals surface area contributed by atoms with Crippen molar-refractivity contribution in [1.82, 2.24) is 0 Å². The monoisotopic (exact) mass is 381 g/mol. The van der Waals surface area contributed by atoms with Crippen LogP contribution < -0.4 is 13.8 Å². The van der Waals surface area contributed by atoms with E-state index in [1.165, 1.54) is 4.31 Å². The van der Waals surface area contributed by atoms with E-state index in [-0.39, 0.29) is 11.5 Å². The number of rotatable bonds is 4. The van der Waals surface area contributed by atoms with Gasteiger partial charge in [-0.3, -0.25) is 4.31 Å². The second-order valence-corrected chi connectivity index (χ2v) is 8.00. The summed E-state index contributed by atoms with van der Waals surface area (Å²) in [6.45, 7) is 0.246. The second-order valence-electron chi connectivity index (χ2n) is 6.18. The number of fused-ring (bicyclic) bond motifs is 1. The lowest BCUT2D eigenvalue weighted by atomic mass is 10.1. The SMILES string of the molecule is COc1ccc(S(=O)(=O)N2c3ccccc3OC[C@H]2c2ccccc2)cc1. The number of nitrogens with zero attached hydrogens (tertiary/aromatic N) is 1. The third-order valence-corrected chi connectivity index (χ3v) is 6.42. The van der Waals surface area contributed by atoms with Crippen LogP contribution in [0.15, 0.2) is 83.8 Å². The van der Waals surface area contributed by atoms with Gasteiger partial charge in [0.15, 0.2) is 0 Å². The zero-order valence-electron chi connectivity index (χ0n) is 14.8. The van der Waals surface area contributed by atoms with Gasteiger partial charge in [0.25, 0.3) is 10.0 Å². The minimum Gasteiger partial charge on any atom is -0.497 e. The third-order valence-electron chi connectivity index (χ3n) is 4.58. The fourth-order valence-electron chi connectivity index (χ4n) is 3.23. The minimum absolute atomic E-state index is 0.209. The Morgan fingerprint density at radius 3 is 2.30 bits per heavy atom. The molecule has 27 heavy (non-hydrogen) atoms. The molecule has 5 nitrogen and oxygen atoms in total. The van der Waals surface area contributed by atoms with Crippen LogP contribution in [0.2, 0.25) is 0 Å². The fourth-order valence-corrected chi connectivity index (χ4v) is 4.87. The summed E-state index contributed by atoms with van der Waals surface area (Å²) < 4.78 is 39.6. The maximum atomic E-state index is 13.6. The average Bonchev–Trinajstić information content (AvgIpc) is 2.73. The number of sulfonamides is 1. The molecule has 3 aromatic rings. The molecule has 0 saturated carbocycles. The molecule has 0 aliphatic carbocycles. The lowest BCUT2D eigenvalue weighted by molar-refractivity contribution is 0.275. The molecular formula is C21H19NO4S. The molecule has 138 valence electrons. The van der Waals surface area contributed by atoms with Gasteiger partial charge in [-0.2, -0.15) is 0 Å². The van der Waals surface area contributed by atoms with E-state index < -0.39 is 16.1 Å². The highest BCUT2D eigenvalue weighted by Gasteiger charge is 2.38. The van der Waals surface area contributed by atoms with Crippen molar-refractivity contribution in [2.75, 3.05) is 18.0 Å². The molecule has 1 atom stereocenters. The Morgan fingerprint density at radius 2 is 1.59 bits per heavy atom. The predicted molar refractivity (Wildman–Crippen MR) is 104 cm³/mol. The summed E-state index contributed by atoms with van der Waals surface area (Å²) in [5, 5.41) is 0. The van der Waals surface area contributed by atoms with Gasteiger partial charge < -0.3 is 9.47 Å². The lowest BCUT2D eigenvalue weighted by Crippen LogP contribution is -2.41.